The number of nitrogens with zero attached hydrogens (tertiary/aromatic N) is 1. The monoisotopic (exact) mass is 301 g/mol. The largest absolute Gasteiger partial charge is 0.393 e. The Hall–Kier alpha value is -2.14. The van der Waals surface area contributed by atoms with Crippen molar-refractivity contribution < 1.29 is 4.79 Å². The van der Waals surface area contributed by atoms with Crippen molar-refractivity contribution in [1.29, 1.82) is 0 Å². The Balaban J connectivity index is 2.16. The predicted octanol–water partition coefficient (Wildman–Crippen LogP) is 3.37. The number of hydrogen-bond donors (Lipinski definition) is 2. The molecule has 0 heterocycles. The molecule has 2 rings (SSSR count). The molecule has 110 valence electrons. The number of rotatable bonds is 4. The third-order valence-electron chi connectivity index (χ3n) is 3.51. The van der Waals surface area contributed by atoms with Crippen LogP contribution in [0.2, 0.25) is 0 Å². The number of carbonyl (C=O) groups excluding carboxylic acids is 1. The molecule has 0 radical (unpaired) electrons. The van der Waals surface area contributed by atoms with E-state index in [2.05, 4.69) is 5.32 Å². The highest BCUT2D eigenvalue weighted by molar-refractivity contribution is 7.80. The van der Waals surface area contributed by atoms with E-state index in [4.69, 9.17) is 18.0 Å². The van der Waals surface area contributed by atoms with E-state index in [0.29, 0.717) is 11.4 Å². The second-order valence-corrected chi connectivity index (χ2v) is 5.61. The molecule has 4 nitrogen and oxygen atoms in total. The normalized spacial score (nSPS) is 11.9. The summed E-state index contributed by atoms with van der Waals surface area (Å²) in [6, 6.07) is 13.6. The molecule has 0 aromatic heterocycles. The van der Waals surface area contributed by atoms with Crippen molar-refractivity contribution in [2.75, 3.05) is 12.4 Å². The van der Waals surface area contributed by atoms with E-state index in [1.54, 1.807) is 11.9 Å². The molecule has 2 aromatic rings. The maximum atomic E-state index is 12.3. The number of carbonyl (C=O) groups is 1. The molecule has 0 aliphatic heterocycles. The van der Waals surface area contributed by atoms with Crippen molar-refractivity contribution in [3.8, 4) is 0 Å². The SMILES string of the molecule is CC(CC(N)=S)N(C)C(=O)Nc1cccc2ccccc12. The highest BCUT2D eigenvalue weighted by atomic mass is 32.1. The van der Waals surface area contributed by atoms with Crippen molar-refractivity contribution in [2.45, 2.75) is 19.4 Å². The number of anilines is 1. The van der Waals surface area contributed by atoms with Gasteiger partial charge in [-0.15, -0.1) is 0 Å². The minimum Gasteiger partial charge on any atom is -0.393 e. The van der Waals surface area contributed by atoms with Gasteiger partial charge in [-0.05, 0) is 18.4 Å². The summed E-state index contributed by atoms with van der Waals surface area (Å²) in [6.45, 7) is 1.92. The quantitative estimate of drug-likeness (QED) is 0.851. The third-order valence-corrected chi connectivity index (χ3v) is 3.68. The number of benzene rings is 2. The Labute approximate surface area is 129 Å². The van der Waals surface area contributed by atoms with E-state index in [0.717, 1.165) is 16.5 Å². The van der Waals surface area contributed by atoms with Gasteiger partial charge >= 0.3 is 6.03 Å². The number of nitrogens with two attached hydrogens (primary N) is 1. The van der Waals surface area contributed by atoms with Crippen LogP contribution in [0.4, 0.5) is 10.5 Å². The summed E-state index contributed by atoms with van der Waals surface area (Å²) >= 11 is 4.89. The van der Waals surface area contributed by atoms with Gasteiger partial charge in [0.2, 0.25) is 0 Å². The highest BCUT2D eigenvalue weighted by Gasteiger charge is 2.17. The Morgan fingerprint density at radius 3 is 2.67 bits per heavy atom. The molecule has 0 saturated heterocycles. The molecule has 0 fully saturated rings. The summed E-state index contributed by atoms with van der Waals surface area (Å²) in [5, 5.41) is 5.05. The van der Waals surface area contributed by atoms with Crippen LogP contribution in [0, 0.1) is 0 Å². The Morgan fingerprint density at radius 2 is 1.95 bits per heavy atom. The lowest BCUT2D eigenvalue weighted by Gasteiger charge is -2.25. The smallest absolute Gasteiger partial charge is 0.321 e. The fraction of sp³-hybridized carbons (Fsp3) is 0.250. The lowest BCUT2D eigenvalue weighted by Crippen LogP contribution is -2.40. The molecule has 3 N–H and O–H groups in total. The van der Waals surface area contributed by atoms with E-state index in [1.807, 2.05) is 49.4 Å². The van der Waals surface area contributed by atoms with Gasteiger partial charge in [0.1, 0.15) is 0 Å². The lowest BCUT2D eigenvalue weighted by molar-refractivity contribution is 0.209. The summed E-state index contributed by atoms with van der Waals surface area (Å²) in [6.07, 6.45) is 0.509. The summed E-state index contributed by atoms with van der Waals surface area (Å²) < 4.78 is 0. The van der Waals surface area contributed by atoms with Crippen LogP contribution in [0.3, 0.4) is 0 Å². The van der Waals surface area contributed by atoms with Crippen LogP contribution in [0.1, 0.15) is 13.3 Å². The number of urea groups is 1. The Kier molecular flexibility index (Phi) is 4.75. The fourth-order valence-corrected chi connectivity index (χ4v) is 2.41. The molecule has 5 heteroatoms. The molecule has 0 saturated carbocycles. The molecule has 2 amide bonds. The average Bonchev–Trinajstić information content (AvgIpc) is 2.46. The summed E-state index contributed by atoms with van der Waals surface area (Å²) in [5.74, 6) is 0. The number of amides is 2. The van der Waals surface area contributed by atoms with Gasteiger partial charge in [0.25, 0.3) is 0 Å². The van der Waals surface area contributed by atoms with Crippen molar-refractivity contribution in [1.82, 2.24) is 4.90 Å². The van der Waals surface area contributed by atoms with Crippen LogP contribution >= 0.6 is 12.2 Å². The van der Waals surface area contributed by atoms with E-state index < -0.39 is 0 Å². The number of nitrogens with one attached hydrogen (secondary N) is 1. The molecule has 1 atom stereocenters. The molecule has 0 aliphatic carbocycles. The molecular formula is C16H19N3OS. The van der Waals surface area contributed by atoms with E-state index in [9.17, 15) is 4.79 Å². The zero-order valence-electron chi connectivity index (χ0n) is 12.2. The zero-order valence-corrected chi connectivity index (χ0v) is 13.0. The van der Waals surface area contributed by atoms with Crippen molar-refractivity contribution in [3.05, 3.63) is 42.5 Å². The van der Waals surface area contributed by atoms with Gasteiger partial charge in [0.15, 0.2) is 0 Å². The van der Waals surface area contributed by atoms with Crippen LogP contribution in [-0.2, 0) is 0 Å². The van der Waals surface area contributed by atoms with E-state index in [1.165, 1.54) is 0 Å². The van der Waals surface area contributed by atoms with Crippen molar-refractivity contribution in [2.24, 2.45) is 5.73 Å². The molecule has 2 aromatic carbocycles. The first kappa shape index (κ1) is 15.3. The second kappa shape index (κ2) is 6.54. The zero-order chi connectivity index (χ0) is 15.4. The molecule has 21 heavy (non-hydrogen) atoms. The third kappa shape index (κ3) is 3.70. The van der Waals surface area contributed by atoms with Crippen LogP contribution in [0.5, 0.6) is 0 Å². The van der Waals surface area contributed by atoms with Gasteiger partial charge in [-0.1, -0.05) is 48.6 Å². The predicted molar refractivity (Wildman–Crippen MR) is 91.6 cm³/mol. The Bertz CT molecular complexity index is 666. The maximum Gasteiger partial charge on any atom is 0.321 e. The second-order valence-electron chi connectivity index (χ2n) is 5.09. The maximum absolute atomic E-state index is 12.3. The van der Waals surface area contributed by atoms with Crippen LogP contribution < -0.4 is 11.1 Å². The van der Waals surface area contributed by atoms with Crippen molar-refractivity contribution >= 4 is 39.7 Å². The standard InChI is InChI=1S/C16H19N3OS/c1-11(10-15(17)21)19(2)16(20)18-14-9-5-7-12-6-3-4-8-13(12)14/h3-9,11H,10H2,1-2H3,(H2,17,21)(H,18,20). The number of thiocarbonyl (C=S) groups is 1. The van der Waals surface area contributed by atoms with Gasteiger partial charge in [-0.2, -0.15) is 0 Å². The molecule has 1 unspecified atom stereocenters. The molecule has 0 spiro atoms. The molecular weight excluding hydrogens is 282 g/mol. The number of fused-ring (bicyclic) bond motifs is 1. The first-order valence-electron chi connectivity index (χ1n) is 6.79. The summed E-state index contributed by atoms with van der Waals surface area (Å²) in [5.41, 5.74) is 6.33. The first-order chi connectivity index (χ1) is 9.99. The minimum absolute atomic E-state index is 0.0440. The van der Waals surface area contributed by atoms with Gasteiger partial charge in [0.05, 0.1) is 10.7 Å². The minimum atomic E-state index is -0.171. The summed E-state index contributed by atoms with van der Waals surface area (Å²) in [4.78, 5) is 14.3. The van der Waals surface area contributed by atoms with Gasteiger partial charge < -0.3 is 16.0 Å². The van der Waals surface area contributed by atoms with Gasteiger partial charge in [-0.3, -0.25) is 0 Å². The first-order valence-corrected chi connectivity index (χ1v) is 7.19. The highest BCUT2D eigenvalue weighted by Crippen LogP contribution is 2.23. The molecule has 0 bridgehead atoms. The van der Waals surface area contributed by atoms with Gasteiger partial charge in [-0.25, -0.2) is 4.79 Å². The Morgan fingerprint density at radius 1 is 1.29 bits per heavy atom. The van der Waals surface area contributed by atoms with Crippen LogP contribution in [0.25, 0.3) is 10.8 Å². The topological polar surface area (TPSA) is 58.4 Å². The lowest BCUT2D eigenvalue weighted by atomic mass is 10.1. The fourth-order valence-electron chi connectivity index (χ4n) is 2.17. The molecule has 0 aliphatic rings. The van der Waals surface area contributed by atoms with Crippen LogP contribution in [0.15, 0.2) is 42.5 Å². The van der Waals surface area contributed by atoms with Crippen LogP contribution in [-0.4, -0.2) is 29.0 Å². The van der Waals surface area contributed by atoms with E-state index in [-0.39, 0.29) is 12.1 Å². The average molecular weight is 301 g/mol. The van der Waals surface area contributed by atoms with E-state index >= 15 is 0 Å². The van der Waals surface area contributed by atoms with Gasteiger partial charge in [0, 0.05) is 24.9 Å². The number of hydrogen-bond acceptors (Lipinski definition) is 2. The van der Waals surface area contributed by atoms with Crippen molar-refractivity contribution in [3.63, 3.8) is 0 Å². The summed E-state index contributed by atoms with van der Waals surface area (Å²) in [7, 11) is 1.74.